The zero-order valence-electron chi connectivity index (χ0n) is 23.4. The van der Waals surface area contributed by atoms with Gasteiger partial charge in [-0.3, -0.25) is 9.59 Å². The number of imidazole rings is 1. The summed E-state index contributed by atoms with van der Waals surface area (Å²) in [6.45, 7) is 1.75. The number of nitrogens with one attached hydrogen (secondary N) is 1. The third-order valence-electron chi connectivity index (χ3n) is 7.64. The number of amides is 1. The molecule has 4 aromatic rings. The number of aromatic nitrogens is 2. The van der Waals surface area contributed by atoms with Crippen molar-refractivity contribution >= 4 is 46.2 Å². The molecule has 1 saturated heterocycles. The predicted octanol–water partition coefficient (Wildman–Crippen LogP) is 6.25. The number of anilines is 2. The van der Waals surface area contributed by atoms with E-state index in [1.54, 1.807) is 12.1 Å². The summed E-state index contributed by atoms with van der Waals surface area (Å²) in [7, 11) is 3.86. The van der Waals surface area contributed by atoms with E-state index >= 15 is 0 Å². The highest BCUT2D eigenvalue weighted by Crippen LogP contribution is 2.38. The van der Waals surface area contributed by atoms with E-state index in [1.165, 1.54) is 11.9 Å². The summed E-state index contributed by atoms with van der Waals surface area (Å²) in [4.78, 5) is 31.0. The van der Waals surface area contributed by atoms with Crippen LogP contribution < -0.4 is 9.62 Å². The van der Waals surface area contributed by atoms with Crippen molar-refractivity contribution in [2.75, 3.05) is 29.9 Å². The topological polar surface area (TPSA) is 96.7 Å². The maximum atomic E-state index is 14.4. The van der Waals surface area contributed by atoms with E-state index in [-0.39, 0.29) is 19.3 Å². The second-order valence-electron chi connectivity index (χ2n) is 10.3. The monoisotopic (exact) mass is 616 g/mol. The molecule has 3 atom stereocenters. The molecule has 2 heterocycles. The number of carbonyl (C=O) groups excluding carboxylic acids is 1. The summed E-state index contributed by atoms with van der Waals surface area (Å²) < 4.78 is 62.6. The van der Waals surface area contributed by atoms with Crippen LogP contribution in [-0.2, 0) is 27.5 Å². The molecule has 1 aromatic heterocycles. The molecule has 8 nitrogen and oxygen atoms in total. The van der Waals surface area contributed by atoms with Gasteiger partial charge in [0.05, 0.1) is 47.3 Å². The van der Waals surface area contributed by atoms with Crippen molar-refractivity contribution in [3.8, 4) is 0 Å². The molecular weight excluding hydrogens is 588 g/mol. The lowest BCUT2D eigenvalue weighted by Crippen LogP contribution is -2.45. The van der Waals surface area contributed by atoms with E-state index in [0.717, 1.165) is 33.5 Å². The second-order valence-corrected chi connectivity index (χ2v) is 11.5. The van der Waals surface area contributed by atoms with Gasteiger partial charge < -0.3 is 24.0 Å². The SMILES string of the molecule is Cc1nc2cc(SN(C)c3ccc([C@H]4COC[C@@H](C(=O)Nc5ccc(C(F)(F)F)cc5F)[C@@H]4C(=O)O)cc3)ccc2n1C. The summed E-state index contributed by atoms with van der Waals surface area (Å²) in [6, 6.07) is 15.0. The fraction of sp³-hybridized carbons (Fsp3) is 0.300. The first kappa shape index (κ1) is 30.4. The van der Waals surface area contributed by atoms with Crippen LogP contribution in [0.2, 0.25) is 0 Å². The molecule has 0 radical (unpaired) electrons. The standard InChI is InChI=1S/C30H28F4N4O4S/c1-16-35-25-13-20(9-11-26(25)37(16)2)43-38(3)19-7-4-17(5-8-19)21-14-42-15-22(27(21)29(40)41)28(39)36-24-10-6-18(12-23(24)31)30(32,33)34/h4-13,21-22,27H,14-15H2,1-3H3,(H,36,39)(H,40,41)/t21-,22-,27-/m1/s1. The van der Waals surface area contributed by atoms with Gasteiger partial charge in [-0.2, -0.15) is 13.2 Å². The molecule has 0 saturated carbocycles. The summed E-state index contributed by atoms with van der Waals surface area (Å²) in [5.74, 6) is -5.57. The number of carboxylic acids is 1. The number of nitrogens with zero attached hydrogens (tertiary/aromatic N) is 3. The Balaban J connectivity index is 1.30. The summed E-state index contributed by atoms with van der Waals surface area (Å²) in [6.07, 6.45) is -4.75. The summed E-state index contributed by atoms with van der Waals surface area (Å²) >= 11 is 1.50. The highest BCUT2D eigenvalue weighted by Gasteiger charge is 2.44. The largest absolute Gasteiger partial charge is 0.481 e. The van der Waals surface area contributed by atoms with Crippen molar-refractivity contribution < 1.29 is 37.0 Å². The Morgan fingerprint density at radius 3 is 2.47 bits per heavy atom. The van der Waals surface area contributed by atoms with Crippen molar-refractivity contribution in [1.29, 1.82) is 0 Å². The zero-order valence-corrected chi connectivity index (χ0v) is 24.2. The van der Waals surface area contributed by atoms with Crippen LogP contribution >= 0.6 is 11.9 Å². The Morgan fingerprint density at radius 2 is 1.81 bits per heavy atom. The van der Waals surface area contributed by atoms with E-state index in [9.17, 15) is 32.3 Å². The van der Waals surface area contributed by atoms with Gasteiger partial charge in [-0.05, 0) is 73.0 Å². The van der Waals surface area contributed by atoms with Crippen LogP contribution in [0.15, 0.2) is 65.6 Å². The van der Waals surface area contributed by atoms with Crippen molar-refractivity contribution in [2.24, 2.45) is 18.9 Å². The quantitative estimate of drug-likeness (QED) is 0.187. The van der Waals surface area contributed by atoms with Gasteiger partial charge in [0.2, 0.25) is 5.91 Å². The first-order chi connectivity index (χ1) is 20.3. The second kappa shape index (κ2) is 11.9. The van der Waals surface area contributed by atoms with Crippen LogP contribution in [-0.4, -0.2) is 46.8 Å². The number of hydrogen-bond donors (Lipinski definition) is 2. The molecule has 1 aliphatic rings. The number of halogens is 4. The summed E-state index contributed by atoms with van der Waals surface area (Å²) in [5, 5.41) is 12.3. The van der Waals surface area contributed by atoms with Crippen molar-refractivity contribution in [3.05, 3.63) is 83.4 Å². The number of rotatable bonds is 7. The van der Waals surface area contributed by atoms with E-state index < -0.39 is 52.9 Å². The zero-order chi connectivity index (χ0) is 31.1. The first-order valence-electron chi connectivity index (χ1n) is 13.3. The van der Waals surface area contributed by atoms with Crippen LogP contribution in [0, 0.1) is 24.6 Å². The Bertz CT molecular complexity index is 1680. The van der Waals surface area contributed by atoms with Crippen molar-refractivity contribution in [2.45, 2.75) is 23.9 Å². The van der Waals surface area contributed by atoms with Crippen LogP contribution in [0.3, 0.4) is 0 Å². The lowest BCUT2D eigenvalue weighted by atomic mass is 9.76. The number of alkyl halides is 3. The number of carbonyl (C=O) groups is 2. The Morgan fingerprint density at radius 1 is 1.09 bits per heavy atom. The lowest BCUT2D eigenvalue weighted by Gasteiger charge is -2.35. The van der Waals surface area contributed by atoms with E-state index in [2.05, 4.69) is 10.3 Å². The number of aryl methyl sites for hydroxylation is 2. The molecule has 43 heavy (non-hydrogen) atoms. The van der Waals surface area contributed by atoms with Gasteiger partial charge in [-0.25, -0.2) is 9.37 Å². The van der Waals surface area contributed by atoms with E-state index in [0.29, 0.717) is 11.6 Å². The fourth-order valence-electron chi connectivity index (χ4n) is 5.21. The van der Waals surface area contributed by atoms with E-state index in [4.69, 9.17) is 4.74 Å². The number of fused-ring (bicyclic) bond motifs is 1. The normalized spacial score (nSPS) is 18.9. The lowest BCUT2D eigenvalue weighted by molar-refractivity contribution is -0.154. The highest BCUT2D eigenvalue weighted by molar-refractivity contribution is 8.00. The minimum absolute atomic E-state index is 0.0445. The predicted molar refractivity (Wildman–Crippen MR) is 154 cm³/mol. The number of carboxylic acid groups (broad SMARTS) is 1. The number of ether oxygens (including phenoxy) is 1. The van der Waals surface area contributed by atoms with Gasteiger partial charge in [0.25, 0.3) is 0 Å². The third-order valence-corrected chi connectivity index (χ3v) is 8.59. The number of hydrogen-bond acceptors (Lipinski definition) is 6. The van der Waals surface area contributed by atoms with Gasteiger partial charge >= 0.3 is 12.1 Å². The molecular formula is C30H28F4N4O4S. The highest BCUT2D eigenvalue weighted by atomic mass is 32.2. The minimum atomic E-state index is -4.75. The van der Waals surface area contributed by atoms with Crippen molar-refractivity contribution in [1.82, 2.24) is 9.55 Å². The Kier molecular flexibility index (Phi) is 8.39. The van der Waals surface area contributed by atoms with Gasteiger partial charge in [0.1, 0.15) is 11.6 Å². The van der Waals surface area contributed by atoms with Crippen molar-refractivity contribution in [3.63, 3.8) is 0 Å². The smallest absolute Gasteiger partial charge is 0.416 e. The molecule has 2 N–H and O–H groups in total. The molecule has 13 heteroatoms. The maximum absolute atomic E-state index is 14.4. The fourth-order valence-corrected chi connectivity index (χ4v) is 6.05. The molecule has 0 unspecified atom stereocenters. The molecule has 3 aromatic carbocycles. The number of aliphatic carboxylic acids is 1. The van der Waals surface area contributed by atoms with E-state index in [1.807, 2.05) is 60.2 Å². The van der Waals surface area contributed by atoms with Crippen LogP contribution in [0.4, 0.5) is 28.9 Å². The Hall–Kier alpha value is -4.10. The molecule has 0 spiro atoms. The molecule has 0 bridgehead atoms. The maximum Gasteiger partial charge on any atom is 0.416 e. The minimum Gasteiger partial charge on any atom is -0.481 e. The summed E-state index contributed by atoms with van der Waals surface area (Å²) in [5.41, 5.74) is 1.73. The van der Waals surface area contributed by atoms with Gasteiger partial charge in [-0.1, -0.05) is 12.1 Å². The molecule has 0 aliphatic carbocycles. The van der Waals surface area contributed by atoms with Gasteiger partial charge in [-0.15, -0.1) is 0 Å². The molecule has 226 valence electrons. The average molecular weight is 617 g/mol. The first-order valence-corrected chi connectivity index (χ1v) is 14.0. The number of benzene rings is 3. The molecule has 1 fully saturated rings. The Labute approximate surface area is 248 Å². The van der Waals surface area contributed by atoms with Gasteiger partial charge in [0, 0.05) is 30.6 Å². The van der Waals surface area contributed by atoms with Gasteiger partial charge in [0.15, 0.2) is 0 Å². The third kappa shape index (κ3) is 6.32. The average Bonchev–Trinajstić information content (AvgIpc) is 3.25. The molecule has 1 amide bonds. The molecule has 1 aliphatic heterocycles. The van der Waals surface area contributed by atoms with Crippen LogP contribution in [0.1, 0.15) is 22.9 Å². The van der Waals surface area contributed by atoms with Crippen LogP contribution in [0.5, 0.6) is 0 Å². The molecule has 5 rings (SSSR count). The van der Waals surface area contributed by atoms with Crippen LogP contribution in [0.25, 0.3) is 11.0 Å².